The second-order valence-corrected chi connectivity index (χ2v) is 4.59. The Hall–Kier alpha value is -1.79. The highest BCUT2D eigenvalue weighted by Gasteiger charge is 2.08. The molecular formula is C13H19N5O. The van der Waals surface area contributed by atoms with Crippen LogP contribution in [0.4, 0.5) is 0 Å². The molecule has 0 radical (unpaired) electrons. The maximum Gasteiger partial charge on any atom is 0.170 e. The zero-order chi connectivity index (χ0) is 13.5. The van der Waals surface area contributed by atoms with Gasteiger partial charge < -0.3 is 10.4 Å². The maximum atomic E-state index is 8.85. The monoisotopic (exact) mass is 261 g/mol. The van der Waals surface area contributed by atoms with Crippen LogP contribution < -0.4 is 5.32 Å². The van der Waals surface area contributed by atoms with E-state index in [1.165, 1.54) is 0 Å². The lowest BCUT2D eigenvalue weighted by Crippen LogP contribution is -2.23. The first kappa shape index (κ1) is 13.6. The van der Waals surface area contributed by atoms with E-state index in [0.29, 0.717) is 12.5 Å². The van der Waals surface area contributed by atoms with E-state index in [2.05, 4.69) is 27.8 Å². The quantitative estimate of drug-likeness (QED) is 0.770. The molecule has 19 heavy (non-hydrogen) atoms. The molecular weight excluding hydrogens is 242 g/mol. The van der Waals surface area contributed by atoms with Gasteiger partial charge in [0.2, 0.25) is 0 Å². The number of aromatic nitrogens is 4. The van der Waals surface area contributed by atoms with E-state index in [1.807, 2.05) is 30.3 Å². The van der Waals surface area contributed by atoms with Crippen LogP contribution in [0.5, 0.6) is 0 Å². The molecule has 2 rings (SSSR count). The second-order valence-electron chi connectivity index (χ2n) is 4.59. The average Bonchev–Trinajstić information content (AvgIpc) is 2.88. The number of rotatable bonds is 7. The largest absolute Gasteiger partial charge is 0.396 e. The average molecular weight is 261 g/mol. The summed E-state index contributed by atoms with van der Waals surface area (Å²) < 4.78 is 1.73. The van der Waals surface area contributed by atoms with Gasteiger partial charge in [-0.05, 0) is 41.4 Å². The smallest absolute Gasteiger partial charge is 0.170 e. The van der Waals surface area contributed by atoms with Crippen molar-refractivity contribution in [1.82, 2.24) is 25.5 Å². The van der Waals surface area contributed by atoms with Crippen LogP contribution in [0.25, 0.3) is 5.69 Å². The van der Waals surface area contributed by atoms with Crippen molar-refractivity contribution in [2.45, 2.75) is 19.9 Å². The van der Waals surface area contributed by atoms with E-state index in [4.69, 9.17) is 5.11 Å². The lowest BCUT2D eigenvalue weighted by molar-refractivity contribution is 0.260. The van der Waals surface area contributed by atoms with Crippen molar-refractivity contribution < 1.29 is 5.11 Å². The number of para-hydroxylation sites is 1. The van der Waals surface area contributed by atoms with Crippen LogP contribution in [0.1, 0.15) is 19.2 Å². The van der Waals surface area contributed by atoms with Gasteiger partial charge in [-0.15, -0.1) is 5.10 Å². The zero-order valence-corrected chi connectivity index (χ0v) is 11.0. The van der Waals surface area contributed by atoms with Gasteiger partial charge in [-0.1, -0.05) is 25.1 Å². The first-order valence-electron chi connectivity index (χ1n) is 6.45. The number of tetrazole rings is 1. The van der Waals surface area contributed by atoms with Crippen molar-refractivity contribution in [2.75, 3.05) is 13.2 Å². The van der Waals surface area contributed by atoms with Gasteiger partial charge in [-0.2, -0.15) is 4.68 Å². The molecule has 1 aromatic heterocycles. The first-order valence-corrected chi connectivity index (χ1v) is 6.45. The Kier molecular flexibility index (Phi) is 5.00. The molecule has 2 N–H and O–H groups in total. The van der Waals surface area contributed by atoms with Crippen molar-refractivity contribution in [3.8, 4) is 5.69 Å². The summed E-state index contributed by atoms with van der Waals surface area (Å²) in [6, 6.07) is 9.81. The minimum Gasteiger partial charge on any atom is -0.396 e. The van der Waals surface area contributed by atoms with Crippen LogP contribution in [-0.4, -0.2) is 38.5 Å². The normalized spacial score (nSPS) is 12.5. The summed E-state index contributed by atoms with van der Waals surface area (Å²) >= 11 is 0. The number of aliphatic hydroxyl groups excluding tert-OH is 1. The Bertz CT molecular complexity index is 485. The van der Waals surface area contributed by atoms with E-state index in [1.54, 1.807) is 4.68 Å². The molecule has 0 saturated carbocycles. The van der Waals surface area contributed by atoms with Gasteiger partial charge in [0.25, 0.3) is 0 Å². The number of hydrogen-bond donors (Lipinski definition) is 2. The highest BCUT2D eigenvalue weighted by atomic mass is 16.3. The molecule has 1 unspecified atom stereocenters. The number of nitrogens with one attached hydrogen (secondary N) is 1. The molecule has 0 fully saturated rings. The molecule has 0 saturated heterocycles. The summed E-state index contributed by atoms with van der Waals surface area (Å²) in [6.07, 6.45) is 0.802. The van der Waals surface area contributed by atoms with Gasteiger partial charge in [-0.25, -0.2) is 0 Å². The molecule has 1 atom stereocenters. The Balaban J connectivity index is 1.94. The molecule has 6 heteroatoms. The molecule has 0 bridgehead atoms. The summed E-state index contributed by atoms with van der Waals surface area (Å²) in [4.78, 5) is 0. The summed E-state index contributed by atoms with van der Waals surface area (Å²) in [5.74, 6) is 1.22. The van der Waals surface area contributed by atoms with E-state index in [0.717, 1.165) is 24.5 Å². The van der Waals surface area contributed by atoms with E-state index >= 15 is 0 Å². The maximum absolute atomic E-state index is 8.85. The lowest BCUT2D eigenvalue weighted by Gasteiger charge is -2.10. The van der Waals surface area contributed by atoms with Crippen molar-refractivity contribution in [2.24, 2.45) is 5.92 Å². The van der Waals surface area contributed by atoms with Crippen LogP contribution >= 0.6 is 0 Å². The van der Waals surface area contributed by atoms with Crippen LogP contribution in [-0.2, 0) is 6.54 Å². The molecule has 0 aliphatic carbocycles. The Labute approximate surface area is 112 Å². The van der Waals surface area contributed by atoms with E-state index in [9.17, 15) is 0 Å². The summed E-state index contributed by atoms with van der Waals surface area (Å²) in [7, 11) is 0. The molecule has 6 nitrogen and oxygen atoms in total. The molecule has 0 aliphatic heterocycles. The lowest BCUT2D eigenvalue weighted by atomic mass is 10.1. The van der Waals surface area contributed by atoms with Crippen molar-refractivity contribution >= 4 is 0 Å². The van der Waals surface area contributed by atoms with Crippen molar-refractivity contribution in [1.29, 1.82) is 0 Å². The Morgan fingerprint density at radius 3 is 2.84 bits per heavy atom. The Morgan fingerprint density at radius 2 is 2.11 bits per heavy atom. The third-order valence-electron chi connectivity index (χ3n) is 2.93. The van der Waals surface area contributed by atoms with Gasteiger partial charge >= 0.3 is 0 Å². The molecule has 0 amide bonds. The first-order chi connectivity index (χ1) is 9.31. The minimum absolute atomic E-state index is 0.227. The van der Waals surface area contributed by atoms with Crippen molar-refractivity contribution in [3.63, 3.8) is 0 Å². The molecule has 2 aromatic rings. The topological polar surface area (TPSA) is 75.9 Å². The predicted molar refractivity (Wildman–Crippen MR) is 71.7 cm³/mol. The minimum atomic E-state index is 0.227. The fourth-order valence-corrected chi connectivity index (χ4v) is 1.84. The van der Waals surface area contributed by atoms with Crippen LogP contribution in [0.3, 0.4) is 0 Å². The van der Waals surface area contributed by atoms with Gasteiger partial charge in [-0.3, -0.25) is 0 Å². The molecule has 0 aliphatic rings. The molecule has 1 aromatic carbocycles. The summed E-state index contributed by atoms with van der Waals surface area (Å²) in [6.45, 7) is 3.77. The Morgan fingerprint density at radius 1 is 1.32 bits per heavy atom. The molecule has 102 valence electrons. The van der Waals surface area contributed by atoms with E-state index < -0.39 is 0 Å². The fourth-order valence-electron chi connectivity index (χ4n) is 1.84. The third kappa shape index (κ3) is 3.84. The highest BCUT2D eigenvalue weighted by molar-refractivity contribution is 5.30. The summed E-state index contributed by atoms with van der Waals surface area (Å²) in [5.41, 5.74) is 0.952. The zero-order valence-electron chi connectivity index (χ0n) is 11.0. The van der Waals surface area contributed by atoms with Crippen LogP contribution in [0.2, 0.25) is 0 Å². The third-order valence-corrected chi connectivity index (χ3v) is 2.93. The van der Waals surface area contributed by atoms with Crippen LogP contribution in [0, 0.1) is 5.92 Å². The molecule has 1 heterocycles. The summed E-state index contributed by atoms with van der Waals surface area (Å²) in [5, 5.41) is 23.9. The number of nitrogens with zero attached hydrogens (tertiary/aromatic N) is 4. The fraction of sp³-hybridized carbons (Fsp3) is 0.462. The van der Waals surface area contributed by atoms with E-state index in [-0.39, 0.29) is 6.61 Å². The second kappa shape index (κ2) is 6.96. The van der Waals surface area contributed by atoms with Crippen LogP contribution in [0.15, 0.2) is 30.3 Å². The van der Waals surface area contributed by atoms with Crippen molar-refractivity contribution in [3.05, 3.63) is 36.2 Å². The predicted octanol–water partition coefficient (Wildman–Crippen LogP) is 0.770. The highest BCUT2D eigenvalue weighted by Crippen LogP contribution is 2.07. The van der Waals surface area contributed by atoms with Gasteiger partial charge in [0.1, 0.15) is 0 Å². The number of aliphatic hydroxyl groups is 1. The van der Waals surface area contributed by atoms with Gasteiger partial charge in [0, 0.05) is 6.61 Å². The SMILES string of the molecule is CC(CCO)CNCc1nnnn1-c1ccccc1. The van der Waals surface area contributed by atoms with Gasteiger partial charge in [0.15, 0.2) is 5.82 Å². The number of hydrogen-bond acceptors (Lipinski definition) is 5. The van der Waals surface area contributed by atoms with Gasteiger partial charge in [0.05, 0.1) is 12.2 Å². The standard InChI is InChI=1S/C13H19N5O/c1-11(7-8-19)9-14-10-13-15-16-17-18(13)12-5-3-2-4-6-12/h2-6,11,14,19H,7-10H2,1H3. The number of benzene rings is 1. The molecule has 0 spiro atoms.